The Morgan fingerprint density at radius 3 is 2.73 bits per heavy atom. The first-order valence-corrected chi connectivity index (χ1v) is 13.1. The Morgan fingerprint density at radius 1 is 1.12 bits per heavy atom. The van der Waals surface area contributed by atoms with Crippen LogP contribution in [0.25, 0.3) is 0 Å². The molecular weight excluding hydrogens is 496 g/mol. The maximum Gasteiger partial charge on any atom is 0.242 e. The molecule has 0 radical (unpaired) electrons. The summed E-state index contributed by atoms with van der Waals surface area (Å²) in [6.07, 6.45) is 1.80. The monoisotopic (exact) mass is 512 g/mol. The molecule has 0 spiro atoms. The number of hydrogen-bond donors (Lipinski definition) is 2. The molecule has 4 aromatic rings. The van der Waals surface area contributed by atoms with Gasteiger partial charge in [0.05, 0.1) is 10.7 Å². The van der Waals surface area contributed by atoms with E-state index in [2.05, 4.69) is 15.6 Å². The van der Waals surface area contributed by atoms with E-state index in [-0.39, 0.29) is 18.1 Å². The quantitative estimate of drug-likeness (QED) is 0.332. The number of nitrogens with one attached hydrogen (secondary N) is 2. The highest BCUT2D eigenvalue weighted by atomic mass is 35.5. The second-order valence-electron chi connectivity index (χ2n) is 7.35. The summed E-state index contributed by atoms with van der Waals surface area (Å²) in [5, 5.41) is 12.4. The minimum Gasteiger partial charge on any atom is -0.339 e. The molecule has 6 nitrogen and oxygen atoms in total. The maximum atomic E-state index is 13.4. The third-order valence-electron chi connectivity index (χ3n) is 5.26. The summed E-state index contributed by atoms with van der Waals surface area (Å²) < 4.78 is 0. The van der Waals surface area contributed by atoms with Crippen LogP contribution in [0.5, 0.6) is 0 Å². The number of nitrogens with zero attached hydrogens (tertiary/aromatic N) is 2. The van der Waals surface area contributed by atoms with Crippen molar-refractivity contribution >= 4 is 68.7 Å². The van der Waals surface area contributed by atoms with E-state index in [1.54, 1.807) is 12.3 Å². The molecule has 10 heteroatoms. The first kappa shape index (κ1) is 22.1. The lowest BCUT2D eigenvalue weighted by Crippen LogP contribution is -2.58. The highest BCUT2D eigenvalue weighted by molar-refractivity contribution is 8.01. The number of benzene rings is 1. The minimum atomic E-state index is -1.05. The van der Waals surface area contributed by atoms with Crippen molar-refractivity contribution in [3.8, 4) is 0 Å². The van der Waals surface area contributed by atoms with Gasteiger partial charge in [0.1, 0.15) is 16.6 Å². The van der Waals surface area contributed by atoms with Gasteiger partial charge in [-0.3, -0.25) is 9.59 Å². The summed E-state index contributed by atoms with van der Waals surface area (Å²) in [5.74, 6) is 0.0590. The van der Waals surface area contributed by atoms with Crippen LogP contribution in [0.2, 0.25) is 5.02 Å². The van der Waals surface area contributed by atoms with Crippen LogP contribution in [0.3, 0.4) is 0 Å². The summed E-state index contributed by atoms with van der Waals surface area (Å²) in [6, 6.07) is 14.6. The lowest BCUT2D eigenvalue weighted by atomic mass is 9.79. The third kappa shape index (κ3) is 4.41. The van der Waals surface area contributed by atoms with Crippen molar-refractivity contribution in [2.45, 2.75) is 22.1 Å². The third-order valence-corrected chi connectivity index (χ3v) is 8.39. The maximum absolute atomic E-state index is 13.4. The standard InChI is InChI=1S/C23H17ClN4O2S3/c24-15-4-1-2-5-17(15)33-20-16(29)12-23(28-21(20)30,14-8-10-31-13-14)18-6-3-7-19(26-18)27-22-25-9-11-32-22/h1-11,13,20H,12H2,(H,28,30)(H,25,26,27). The van der Waals surface area contributed by atoms with Crippen LogP contribution >= 0.6 is 46.0 Å². The summed E-state index contributed by atoms with van der Waals surface area (Å²) in [6.45, 7) is 0. The van der Waals surface area contributed by atoms with Crippen LogP contribution in [-0.2, 0) is 15.1 Å². The van der Waals surface area contributed by atoms with Crippen LogP contribution < -0.4 is 10.6 Å². The summed E-state index contributed by atoms with van der Waals surface area (Å²) in [7, 11) is 0. The molecule has 33 heavy (non-hydrogen) atoms. The number of carbonyl (C=O) groups is 2. The molecule has 1 aliphatic rings. The number of thioether (sulfide) groups is 1. The molecule has 1 aliphatic heterocycles. The van der Waals surface area contributed by atoms with E-state index in [1.807, 2.05) is 58.6 Å². The van der Waals surface area contributed by atoms with Crippen molar-refractivity contribution in [3.05, 3.63) is 87.1 Å². The number of pyridine rings is 1. The molecular formula is C23H17ClN4O2S3. The number of thiazole rings is 1. The number of anilines is 2. The van der Waals surface area contributed by atoms with Crippen LogP contribution in [0.1, 0.15) is 17.7 Å². The van der Waals surface area contributed by atoms with Gasteiger partial charge in [0.25, 0.3) is 0 Å². The molecule has 4 heterocycles. The molecule has 1 saturated heterocycles. The van der Waals surface area contributed by atoms with E-state index in [0.717, 1.165) is 5.56 Å². The molecule has 3 aromatic heterocycles. The molecule has 0 bridgehead atoms. The van der Waals surface area contributed by atoms with Gasteiger partial charge < -0.3 is 10.6 Å². The van der Waals surface area contributed by atoms with Gasteiger partial charge in [-0.25, -0.2) is 9.97 Å². The lowest BCUT2D eigenvalue weighted by Gasteiger charge is -2.39. The first-order chi connectivity index (χ1) is 16.0. The van der Waals surface area contributed by atoms with E-state index in [1.165, 1.54) is 34.4 Å². The van der Waals surface area contributed by atoms with Crippen molar-refractivity contribution in [2.75, 3.05) is 5.32 Å². The minimum absolute atomic E-state index is 0.0886. The fourth-order valence-electron chi connectivity index (χ4n) is 3.73. The molecule has 166 valence electrons. The van der Waals surface area contributed by atoms with Crippen LogP contribution in [0, 0.1) is 0 Å². The topological polar surface area (TPSA) is 84.0 Å². The first-order valence-electron chi connectivity index (χ1n) is 9.98. The molecule has 0 aliphatic carbocycles. The van der Waals surface area contributed by atoms with Gasteiger partial charge in [0.15, 0.2) is 10.9 Å². The Morgan fingerprint density at radius 2 is 2.00 bits per heavy atom. The van der Waals surface area contributed by atoms with Crippen molar-refractivity contribution < 1.29 is 9.59 Å². The zero-order chi connectivity index (χ0) is 22.8. The number of thiophene rings is 1. The van der Waals surface area contributed by atoms with Gasteiger partial charge in [0.2, 0.25) is 5.91 Å². The number of Topliss-reactive ketones (excluding diaryl/α,β-unsaturated/α-hetero) is 1. The van der Waals surface area contributed by atoms with Gasteiger partial charge in [-0.2, -0.15) is 11.3 Å². The van der Waals surface area contributed by atoms with Crippen molar-refractivity contribution in [3.63, 3.8) is 0 Å². The van der Waals surface area contributed by atoms with E-state index in [9.17, 15) is 9.59 Å². The molecule has 2 N–H and O–H groups in total. The number of rotatable bonds is 6. The Labute approximate surface area is 207 Å². The van der Waals surface area contributed by atoms with E-state index >= 15 is 0 Å². The fraction of sp³-hybridized carbons (Fsp3) is 0.130. The van der Waals surface area contributed by atoms with Crippen LogP contribution in [0.15, 0.2) is 75.8 Å². The number of ketones is 1. The van der Waals surface area contributed by atoms with Gasteiger partial charge in [-0.05, 0) is 46.7 Å². The zero-order valence-corrected chi connectivity index (χ0v) is 20.2. The Balaban J connectivity index is 1.49. The number of amides is 1. The molecule has 2 unspecified atom stereocenters. The van der Waals surface area contributed by atoms with E-state index in [0.29, 0.717) is 26.6 Å². The van der Waals surface area contributed by atoms with Gasteiger partial charge >= 0.3 is 0 Å². The van der Waals surface area contributed by atoms with E-state index < -0.39 is 10.8 Å². The SMILES string of the molecule is O=C1CC(c2ccsc2)(c2cccc(Nc3nccs3)n2)NC(=O)C1Sc1ccccc1Cl. The highest BCUT2D eigenvalue weighted by Crippen LogP contribution is 2.41. The average molecular weight is 513 g/mol. The number of carbonyl (C=O) groups excluding carboxylic acids is 2. The number of halogens is 1. The van der Waals surface area contributed by atoms with Crippen molar-refractivity contribution in [1.82, 2.24) is 15.3 Å². The highest BCUT2D eigenvalue weighted by Gasteiger charge is 2.48. The number of aromatic nitrogens is 2. The normalized spacial score (nSPS) is 20.5. The second kappa shape index (κ2) is 9.26. The van der Waals surface area contributed by atoms with Crippen LogP contribution in [-0.4, -0.2) is 26.9 Å². The predicted octanol–water partition coefficient (Wildman–Crippen LogP) is 5.49. The largest absolute Gasteiger partial charge is 0.339 e. The summed E-state index contributed by atoms with van der Waals surface area (Å²) in [5.41, 5.74) is 0.367. The van der Waals surface area contributed by atoms with Gasteiger partial charge in [-0.15, -0.1) is 23.1 Å². The molecule has 2 atom stereocenters. The molecule has 5 rings (SSSR count). The van der Waals surface area contributed by atoms with E-state index in [4.69, 9.17) is 16.6 Å². The number of piperidine rings is 1. The summed E-state index contributed by atoms with van der Waals surface area (Å²) >= 11 is 10.4. The zero-order valence-electron chi connectivity index (χ0n) is 17.0. The smallest absolute Gasteiger partial charge is 0.242 e. The fourth-order valence-corrected chi connectivity index (χ4v) is 6.24. The van der Waals surface area contributed by atoms with Crippen molar-refractivity contribution in [2.24, 2.45) is 0 Å². The van der Waals surface area contributed by atoms with Crippen LogP contribution in [0.4, 0.5) is 10.9 Å². The second-order valence-corrected chi connectivity index (χ2v) is 10.6. The molecule has 0 saturated carbocycles. The average Bonchev–Trinajstić information content (AvgIpc) is 3.52. The molecule has 1 aromatic carbocycles. The lowest BCUT2D eigenvalue weighted by molar-refractivity contribution is -0.133. The van der Waals surface area contributed by atoms with Crippen molar-refractivity contribution in [1.29, 1.82) is 0 Å². The molecule has 1 fully saturated rings. The Kier molecular flexibility index (Phi) is 6.20. The Bertz CT molecular complexity index is 1280. The predicted molar refractivity (Wildman–Crippen MR) is 134 cm³/mol. The Hall–Kier alpha value is -2.72. The molecule has 1 amide bonds. The summed E-state index contributed by atoms with van der Waals surface area (Å²) in [4.78, 5) is 36.4. The van der Waals surface area contributed by atoms with Gasteiger partial charge in [-0.1, -0.05) is 29.8 Å². The number of hydrogen-bond acceptors (Lipinski definition) is 8. The van der Waals surface area contributed by atoms with Gasteiger partial charge in [0, 0.05) is 22.9 Å².